The van der Waals surface area contributed by atoms with Crippen LogP contribution in [0.4, 0.5) is 0 Å². The minimum Gasteiger partial charge on any atom is -0.461 e. The number of esters is 1. The van der Waals surface area contributed by atoms with Gasteiger partial charge in [-0.15, -0.1) is 0 Å². The maximum absolute atomic E-state index is 12.1. The molecule has 1 unspecified atom stereocenters. The SMILES string of the molecule is CCCCC[C@@H](C1NS(=O)(=O)OCC[C@H]1OC(C)=O)N(C)NC(C)C. The molecule has 25 heavy (non-hydrogen) atoms. The quantitative estimate of drug-likeness (QED) is 0.354. The predicted molar refractivity (Wildman–Crippen MR) is 95.9 cm³/mol. The third kappa shape index (κ3) is 8.00. The van der Waals surface area contributed by atoms with Crippen molar-refractivity contribution in [1.29, 1.82) is 0 Å². The second-order valence-electron chi connectivity index (χ2n) is 6.81. The molecule has 148 valence electrons. The number of hydrazine groups is 1. The van der Waals surface area contributed by atoms with Crippen LogP contribution >= 0.6 is 0 Å². The normalized spacial score (nSPS) is 24.9. The molecule has 1 saturated heterocycles. The highest BCUT2D eigenvalue weighted by Gasteiger charge is 2.39. The van der Waals surface area contributed by atoms with Crippen LogP contribution < -0.4 is 10.1 Å². The lowest BCUT2D eigenvalue weighted by Gasteiger charge is -2.38. The maximum atomic E-state index is 12.1. The molecule has 9 heteroatoms. The topological polar surface area (TPSA) is 97.0 Å². The summed E-state index contributed by atoms with van der Waals surface area (Å²) in [5.41, 5.74) is 3.31. The van der Waals surface area contributed by atoms with E-state index < -0.39 is 28.4 Å². The molecule has 1 fully saturated rings. The lowest BCUT2D eigenvalue weighted by atomic mass is 9.95. The lowest BCUT2D eigenvalue weighted by Crippen LogP contribution is -2.59. The van der Waals surface area contributed by atoms with Gasteiger partial charge in [0.2, 0.25) is 0 Å². The Morgan fingerprint density at radius 3 is 2.64 bits per heavy atom. The van der Waals surface area contributed by atoms with E-state index in [0.29, 0.717) is 6.42 Å². The molecular formula is C16H33N3O5S. The van der Waals surface area contributed by atoms with Crippen LogP contribution in [0.5, 0.6) is 0 Å². The first kappa shape index (κ1) is 22.3. The van der Waals surface area contributed by atoms with E-state index in [1.807, 2.05) is 25.9 Å². The van der Waals surface area contributed by atoms with E-state index in [2.05, 4.69) is 17.1 Å². The number of carbonyl (C=O) groups excluding carboxylic acids is 1. The highest BCUT2D eigenvalue weighted by molar-refractivity contribution is 7.84. The van der Waals surface area contributed by atoms with Crippen LogP contribution in [0, 0.1) is 0 Å². The number of rotatable bonds is 9. The number of unbranched alkanes of at least 4 members (excludes halogenated alkanes) is 2. The van der Waals surface area contributed by atoms with E-state index in [0.717, 1.165) is 25.7 Å². The first-order valence-corrected chi connectivity index (χ1v) is 10.4. The smallest absolute Gasteiger partial charge is 0.336 e. The van der Waals surface area contributed by atoms with Gasteiger partial charge in [-0.05, 0) is 20.3 Å². The molecule has 1 aliphatic heterocycles. The molecular weight excluding hydrogens is 346 g/mol. The monoisotopic (exact) mass is 379 g/mol. The van der Waals surface area contributed by atoms with Crippen LogP contribution in [0.3, 0.4) is 0 Å². The van der Waals surface area contributed by atoms with Crippen molar-refractivity contribution in [2.24, 2.45) is 0 Å². The zero-order valence-electron chi connectivity index (χ0n) is 15.9. The molecule has 8 nitrogen and oxygen atoms in total. The molecule has 3 atom stereocenters. The van der Waals surface area contributed by atoms with Crippen molar-refractivity contribution < 1.29 is 22.1 Å². The standard InChI is InChI=1S/C16H33N3O5S/c1-6-7-8-9-14(19(5)17-12(2)3)16-15(24-13(4)20)10-11-23-25(21,22)18-16/h12,14-18H,6-11H2,1-5H3/t14-,15+,16?/m0/s1. The average molecular weight is 380 g/mol. The Bertz CT molecular complexity index is 512. The number of likely N-dealkylation sites (N-methyl/N-ethyl adjacent to an activating group) is 1. The Morgan fingerprint density at radius 1 is 1.40 bits per heavy atom. The number of nitrogens with zero attached hydrogens (tertiary/aromatic N) is 1. The fraction of sp³-hybridized carbons (Fsp3) is 0.938. The molecule has 1 aliphatic rings. The highest BCUT2D eigenvalue weighted by Crippen LogP contribution is 2.21. The number of hydrogen-bond donors (Lipinski definition) is 2. The Morgan fingerprint density at radius 2 is 2.08 bits per heavy atom. The van der Waals surface area contributed by atoms with E-state index in [1.165, 1.54) is 6.92 Å². The Labute approximate surface area is 151 Å². The summed E-state index contributed by atoms with van der Waals surface area (Å²) < 4.78 is 37.1. The van der Waals surface area contributed by atoms with Crippen molar-refractivity contribution in [3.63, 3.8) is 0 Å². The van der Waals surface area contributed by atoms with Gasteiger partial charge in [-0.3, -0.25) is 14.4 Å². The molecule has 0 aromatic carbocycles. The van der Waals surface area contributed by atoms with Crippen molar-refractivity contribution in [1.82, 2.24) is 15.2 Å². The summed E-state index contributed by atoms with van der Waals surface area (Å²) >= 11 is 0. The molecule has 0 aromatic heterocycles. The molecule has 2 N–H and O–H groups in total. The van der Waals surface area contributed by atoms with Crippen LogP contribution in [0.1, 0.15) is 59.8 Å². The van der Waals surface area contributed by atoms with Crippen molar-refractivity contribution in [2.45, 2.75) is 84.0 Å². The fourth-order valence-corrected chi connectivity index (χ4v) is 4.15. The van der Waals surface area contributed by atoms with Crippen LogP contribution in [0.25, 0.3) is 0 Å². The van der Waals surface area contributed by atoms with Gasteiger partial charge in [0.05, 0.1) is 12.6 Å². The summed E-state index contributed by atoms with van der Waals surface area (Å²) in [7, 11) is -1.98. The summed E-state index contributed by atoms with van der Waals surface area (Å²) in [6.45, 7) is 7.48. The van der Waals surface area contributed by atoms with Crippen LogP contribution in [0.2, 0.25) is 0 Å². The number of nitrogens with one attached hydrogen (secondary N) is 2. The van der Waals surface area contributed by atoms with Gasteiger partial charge in [0, 0.05) is 32.5 Å². The largest absolute Gasteiger partial charge is 0.461 e. The van der Waals surface area contributed by atoms with E-state index in [1.54, 1.807) is 0 Å². The fourth-order valence-electron chi connectivity index (χ4n) is 3.12. The summed E-state index contributed by atoms with van der Waals surface area (Å²) in [6, 6.07) is -0.552. The summed E-state index contributed by atoms with van der Waals surface area (Å²) in [5.74, 6) is -0.428. The van der Waals surface area contributed by atoms with Gasteiger partial charge in [-0.2, -0.15) is 13.1 Å². The molecule has 0 bridgehead atoms. The van der Waals surface area contributed by atoms with Gasteiger partial charge in [0.1, 0.15) is 6.10 Å². The van der Waals surface area contributed by atoms with Crippen molar-refractivity contribution in [3.05, 3.63) is 0 Å². The van der Waals surface area contributed by atoms with Crippen molar-refractivity contribution in [3.8, 4) is 0 Å². The van der Waals surface area contributed by atoms with Gasteiger partial charge in [0.15, 0.2) is 0 Å². The first-order chi connectivity index (χ1) is 11.7. The predicted octanol–water partition coefficient (Wildman–Crippen LogP) is 1.34. The summed E-state index contributed by atoms with van der Waals surface area (Å²) in [4.78, 5) is 11.5. The molecule has 1 rings (SSSR count). The van der Waals surface area contributed by atoms with E-state index >= 15 is 0 Å². The summed E-state index contributed by atoms with van der Waals surface area (Å²) in [6.07, 6.45) is 3.61. The minimum atomic E-state index is -3.87. The molecule has 0 radical (unpaired) electrons. The Balaban J connectivity index is 3.08. The third-order valence-corrected chi connectivity index (χ3v) is 5.15. The van der Waals surface area contributed by atoms with Gasteiger partial charge < -0.3 is 4.74 Å². The molecule has 1 heterocycles. The Hall–Kier alpha value is -0.740. The molecule has 0 spiro atoms. The van der Waals surface area contributed by atoms with Gasteiger partial charge in [0.25, 0.3) is 0 Å². The minimum absolute atomic E-state index is 0.00716. The lowest BCUT2D eigenvalue weighted by molar-refractivity contribution is -0.149. The third-order valence-electron chi connectivity index (χ3n) is 4.12. The van der Waals surface area contributed by atoms with Crippen LogP contribution in [-0.4, -0.2) is 57.3 Å². The average Bonchev–Trinajstić information content (AvgIpc) is 2.61. The zero-order chi connectivity index (χ0) is 19.0. The highest BCUT2D eigenvalue weighted by atomic mass is 32.2. The van der Waals surface area contributed by atoms with Gasteiger partial charge in [-0.1, -0.05) is 26.2 Å². The number of ether oxygens (including phenoxy) is 1. The number of hydrogen-bond acceptors (Lipinski definition) is 7. The van der Waals surface area contributed by atoms with Crippen LogP contribution in [-0.2, 0) is 24.0 Å². The van der Waals surface area contributed by atoms with Gasteiger partial charge >= 0.3 is 16.3 Å². The van der Waals surface area contributed by atoms with E-state index in [4.69, 9.17) is 8.92 Å². The van der Waals surface area contributed by atoms with Crippen molar-refractivity contribution in [2.75, 3.05) is 13.7 Å². The number of carbonyl (C=O) groups is 1. The molecule has 0 aromatic rings. The maximum Gasteiger partial charge on any atom is 0.336 e. The molecule has 0 amide bonds. The van der Waals surface area contributed by atoms with Crippen molar-refractivity contribution >= 4 is 16.3 Å². The first-order valence-electron chi connectivity index (χ1n) is 8.99. The van der Waals surface area contributed by atoms with Crippen LogP contribution in [0.15, 0.2) is 0 Å². The van der Waals surface area contributed by atoms with E-state index in [-0.39, 0.29) is 18.7 Å². The second-order valence-corrected chi connectivity index (χ2v) is 8.19. The molecule has 0 saturated carbocycles. The second kappa shape index (κ2) is 10.4. The van der Waals surface area contributed by atoms with Gasteiger partial charge in [-0.25, -0.2) is 5.01 Å². The summed E-state index contributed by atoms with van der Waals surface area (Å²) in [5, 5.41) is 1.93. The zero-order valence-corrected chi connectivity index (χ0v) is 16.8. The molecule has 0 aliphatic carbocycles. The van der Waals surface area contributed by atoms with E-state index in [9.17, 15) is 13.2 Å². The Kier molecular flexibility index (Phi) is 9.29.